The summed E-state index contributed by atoms with van der Waals surface area (Å²) in [6.07, 6.45) is 0. The Morgan fingerprint density at radius 2 is 0.969 bits per heavy atom. The first-order valence-electron chi connectivity index (χ1n) is 10.1. The summed E-state index contributed by atoms with van der Waals surface area (Å²) in [6.45, 7) is 5.02. The fourth-order valence-electron chi connectivity index (χ4n) is 4.60. The summed E-state index contributed by atoms with van der Waals surface area (Å²) in [5, 5.41) is 3.39. The molecule has 8 heteroatoms. The van der Waals surface area contributed by atoms with Crippen LogP contribution in [-0.2, 0) is 13.1 Å². The second kappa shape index (κ2) is 7.67. The van der Waals surface area contributed by atoms with Crippen molar-refractivity contribution in [2.45, 2.75) is 26.9 Å². The van der Waals surface area contributed by atoms with Crippen LogP contribution in [0.1, 0.15) is 13.8 Å². The lowest BCUT2D eigenvalue weighted by molar-refractivity contribution is 0.816. The summed E-state index contributed by atoms with van der Waals surface area (Å²) >= 11 is 25.4. The molecule has 0 fully saturated rings. The molecule has 32 heavy (non-hydrogen) atoms. The van der Waals surface area contributed by atoms with E-state index < -0.39 is 0 Å². The molecule has 0 N–H and O–H groups in total. The van der Waals surface area contributed by atoms with Crippen molar-refractivity contribution in [3.05, 3.63) is 76.9 Å². The van der Waals surface area contributed by atoms with Gasteiger partial charge in [0.25, 0.3) is 0 Å². The van der Waals surface area contributed by atoms with Crippen molar-refractivity contribution >= 4 is 90.0 Å². The number of hydrogen-bond acceptors (Lipinski definition) is 2. The van der Waals surface area contributed by atoms with Crippen LogP contribution in [0, 0.1) is 0 Å². The van der Waals surface area contributed by atoms with Gasteiger partial charge in [0.2, 0.25) is 0 Å². The minimum Gasteiger partial charge on any atom is -0.339 e. The van der Waals surface area contributed by atoms with E-state index >= 15 is 0 Å². The van der Waals surface area contributed by atoms with Crippen LogP contribution in [0.4, 0.5) is 0 Å². The zero-order valence-electron chi connectivity index (χ0n) is 17.1. The summed E-state index contributed by atoms with van der Waals surface area (Å²) < 4.78 is 3.88. The third kappa shape index (κ3) is 2.97. The minimum atomic E-state index is -0.191. The van der Waals surface area contributed by atoms with Crippen LogP contribution in [0.15, 0.2) is 46.0 Å². The first-order valence-corrected chi connectivity index (χ1v) is 11.6. The van der Waals surface area contributed by atoms with E-state index in [0.717, 1.165) is 0 Å². The molecule has 0 unspecified atom stereocenters. The lowest BCUT2D eigenvalue weighted by Gasteiger charge is -2.18. The predicted molar refractivity (Wildman–Crippen MR) is 136 cm³/mol. The van der Waals surface area contributed by atoms with Gasteiger partial charge in [-0.15, -0.1) is 0 Å². The van der Waals surface area contributed by atoms with Crippen LogP contribution in [0.25, 0.3) is 43.6 Å². The molecule has 0 bridgehead atoms. The van der Waals surface area contributed by atoms with Crippen LogP contribution >= 0.6 is 46.4 Å². The number of fused-ring (bicyclic) bond motifs is 4. The molecule has 0 aliphatic carbocycles. The molecular weight excluding hydrogens is 490 g/mol. The normalized spacial score (nSPS) is 11.9. The molecule has 2 aromatic heterocycles. The van der Waals surface area contributed by atoms with Gasteiger partial charge in [0.1, 0.15) is 0 Å². The number of hydrogen-bond donors (Lipinski definition) is 0. The highest BCUT2D eigenvalue weighted by Crippen LogP contribution is 2.33. The van der Waals surface area contributed by atoms with Gasteiger partial charge in [0.05, 0.1) is 32.1 Å². The van der Waals surface area contributed by atoms with Crippen molar-refractivity contribution in [1.82, 2.24) is 9.13 Å². The van der Waals surface area contributed by atoms with E-state index in [-0.39, 0.29) is 10.9 Å². The molecule has 3 aromatic carbocycles. The summed E-state index contributed by atoms with van der Waals surface area (Å²) in [5.41, 5.74) is 2.07. The second-order valence-electron chi connectivity index (χ2n) is 7.60. The van der Waals surface area contributed by atoms with Crippen LogP contribution in [0.3, 0.4) is 0 Å². The van der Waals surface area contributed by atoms with E-state index in [4.69, 9.17) is 46.4 Å². The fraction of sp³-hybridized carbons (Fsp3) is 0.167. The molecule has 0 aliphatic rings. The molecule has 0 atom stereocenters. The molecule has 4 nitrogen and oxygen atoms in total. The Morgan fingerprint density at radius 1 is 0.594 bits per heavy atom. The SMILES string of the molecule is CCn1c2cc3c(=O)c4cc(Cl)cc(Cl)c4n(CC)c3cc2c(=O)c2cc(Cl)cc(Cl)c21. The first kappa shape index (κ1) is 21.6. The molecule has 5 rings (SSSR count). The monoisotopic (exact) mass is 504 g/mol. The van der Waals surface area contributed by atoms with Gasteiger partial charge in [-0.05, 0) is 50.2 Å². The predicted octanol–water partition coefficient (Wildman–Crippen LogP) is 7.28. The van der Waals surface area contributed by atoms with E-state index in [1.54, 1.807) is 36.4 Å². The lowest BCUT2D eigenvalue weighted by Crippen LogP contribution is -2.15. The molecule has 5 aromatic rings. The summed E-state index contributed by atoms with van der Waals surface area (Å²) in [6, 6.07) is 10.0. The first-order chi connectivity index (χ1) is 15.3. The number of aromatic nitrogens is 2. The third-order valence-electron chi connectivity index (χ3n) is 5.90. The van der Waals surface area contributed by atoms with Gasteiger partial charge in [-0.25, -0.2) is 0 Å². The summed E-state index contributed by atoms with van der Waals surface area (Å²) in [4.78, 5) is 27.0. The van der Waals surface area contributed by atoms with Crippen LogP contribution in [-0.4, -0.2) is 9.13 Å². The molecule has 2 heterocycles. The zero-order valence-corrected chi connectivity index (χ0v) is 20.1. The van der Waals surface area contributed by atoms with E-state index in [1.165, 1.54) is 0 Å². The number of benzene rings is 3. The van der Waals surface area contributed by atoms with E-state index in [9.17, 15) is 9.59 Å². The highest BCUT2D eigenvalue weighted by atomic mass is 35.5. The average Bonchev–Trinajstić information content (AvgIpc) is 2.75. The number of rotatable bonds is 2. The molecule has 0 aliphatic heterocycles. The highest BCUT2D eigenvalue weighted by Gasteiger charge is 2.19. The quantitative estimate of drug-likeness (QED) is 0.236. The minimum absolute atomic E-state index is 0.191. The van der Waals surface area contributed by atoms with Gasteiger partial charge in [0.15, 0.2) is 10.9 Å². The second-order valence-corrected chi connectivity index (χ2v) is 9.29. The van der Waals surface area contributed by atoms with Crippen molar-refractivity contribution in [3.63, 3.8) is 0 Å². The van der Waals surface area contributed by atoms with Crippen molar-refractivity contribution < 1.29 is 0 Å². The van der Waals surface area contributed by atoms with Crippen LogP contribution in [0.5, 0.6) is 0 Å². The Bertz CT molecular complexity index is 1610. The van der Waals surface area contributed by atoms with Crippen molar-refractivity contribution in [3.8, 4) is 0 Å². The third-order valence-corrected chi connectivity index (χ3v) is 6.92. The Labute approximate surface area is 202 Å². The molecule has 0 radical (unpaired) electrons. The van der Waals surface area contributed by atoms with Crippen molar-refractivity contribution in [2.75, 3.05) is 0 Å². The summed E-state index contributed by atoms with van der Waals surface area (Å²) in [7, 11) is 0. The van der Waals surface area contributed by atoms with Crippen molar-refractivity contribution in [1.29, 1.82) is 0 Å². The number of nitrogens with zero attached hydrogens (tertiary/aromatic N) is 2. The van der Waals surface area contributed by atoms with Gasteiger partial charge >= 0.3 is 0 Å². The van der Waals surface area contributed by atoms with Crippen LogP contribution in [0.2, 0.25) is 20.1 Å². The average molecular weight is 506 g/mol. The maximum atomic E-state index is 13.5. The molecule has 162 valence electrons. The van der Waals surface area contributed by atoms with Gasteiger partial charge in [-0.2, -0.15) is 0 Å². The largest absolute Gasteiger partial charge is 0.339 e. The number of halogens is 4. The molecular formula is C24H16Cl4N2O2. The Hall–Kier alpha value is -2.24. The van der Waals surface area contributed by atoms with Crippen molar-refractivity contribution in [2.24, 2.45) is 0 Å². The van der Waals surface area contributed by atoms with Crippen LogP contribution < -0.4 is 10.9 Å². The fourth-order valence-corrected chi connectivity index (χ4v) is 5.79. The number of aryl methyl sites for hydroxylation is 2. The Balaban J connectivity index is 2.12. The van der Waals surface area contributed by atoms with E-state index in [0.29, 0.717) is 76.8 Å². The smallest absolute Gasteiger partial charge is 0.197 e. The Kier molecular flexibility index (Phi) is 5.18. The van der Waals surface area contributed by atoms with Gasteiger partial charge < -0.3 is 9.13 Å². The number of pyridine rings is 2. The molecule has 0 amide bonds. The van der Waals surface area contributed by atoms with E-state index in [2.05, 4.69) is 0 Å². The molecule has 0 spiro atoms. The Morgan fingerprint density at radius 3 is 1.31 bits per heavy atom. The van der Waals surface area contributed by atoms with Gasteiger partial charge in [0, 0.05) is 44.7 Å². The van der Waals surface area contributed by atoms with E-state index in [1.807, 2.05) is 23.0 Å². The standard InChI is InChI=1S/C24H16Cl4N2O2/c1-3-29-19-9-14-20(10-13(19)23(31)15-5-11(25)7-17(27)21(15)29)30(4-2)22-16(24(14)32)6-12(26)8-18(22)28/h5-10H,3-4H2,1-2H3. The highest BCUT2D eigenvalue weighted by molar-refractivity contribution is 6.39. The molecule has 0 saturated heterocycles. The maximum Gasteiger partial charge on any atom is 0.197 e. The maximum absolute atomic E-state index is 13.5. The molecule has 0 saturated carbocycles. The summed E-state index contributed by atoms with van der Waals surface area (Å²) in [5.74, 6) is 0. The van der Waals surface area contributed by atoms with Gasteiger partial charge in [-0.3, -0.25) is 9.59 Å². The zero-order chi connectivity index (χ0) is 22.9. The van der Waals surface area contributed by atoms with Gasteiger partial charge in [-0.1, -0.05) is 46.4 Å². The lowest BCUT2D eigenvalue weighted by atomic mass is 10.0. The topological polar surface area (TPSA) is 44.0 Å².